The Balaban J connectivity index is 2.68. The van der Waals surface area contributed by atoms with Crippen molar-refractivity contribution >= 4 is 10.4 Å². The van der Waals surface area contributed by atoms with Crippen LogP contribution in [0, 0.1) is 11.8 Å². The van der Waals surface area contributed by atoms with Gasteiger partial charge in [-0.25, -0.2) is 4.18 Å². The standard InChI is InChI=1S/C11H22O10S/c12-3-6-5(1-7(14)10(6)16)2-8(15)11(17)9(4-13)21-22(18,19)20/h5-17H,1-4H2,(H,18,19,20)/t5-,6-,7+,8+,9-,10+,11-/m0/s1. The zero-order valence-electron chi connectivity index (χ0n) is 11.6. The Kier molecular flexibility index (Phi) is 7.11. The van der Waals surface area contributed by atoms with Gasteiger partial charge >= 0.3 is 10.4 Å². The lowest BCUT2D eigenvalue weighted by Gasteiger charge is -2.27. The third-order valence-electron chi connectivity index (χ3n) is 3.94. The van der Waals surface area contributed by atoms with Gasteiger partial charge in [-0.1, -0.05) is 0 Å². The summed E-state index contributed by atoms with van der Waals surface area (Å²) in [5, 5.41) is 57.0. The lowest BCUT2D eigenvalue weighted by atomic mass is 9.88. The molecule has 1 saturated carbocycles. The molecule has 0 aromatic rings. The summed E-state index contributed by atoms with van der Waals surface area (Å²) in [5.74, 6) is -1.23. The molecule has 132 valence electrons. The minimum Gasteiger partial charge on any atom is -0.396 e. The summed E-state index contributed by atoms with van der Waals surface area (Å²) in [6.07, 6.45) is -7.49. The zero-order valence-corrected chi connectivity index (χ0v) is 12.4. The highest BCUT2D eigenvalue weighted by molar-refractivity contribution is 7.80. The van der Waals surface area contributed by atoms with Crippen LogP contribution in [0.5, 0.6) is 0 Å². The molecular weight excluding hydrogens is 324 g/mol. The van der Waals surface area contributed by atoms with Crippen molar-refractivity contribution in [2.45, 2.75) is 43.4 Å². The SMILES string of the molecule is O=S(=O)(O)O[C@@H](CO)[C@@H](O)[C@H](O)C[C@@H]1C[C@@H](O)[C@H](O)[C@H]1CO. The maximum Gasteiger partial charge on any atom is 0.397 e. The average Bonchev–Trinajstić information content (AvgIpc) is 2.68. The lowest BCUT2D eigenvalue weighted by molar-refractivity contribution is -0.0766. The summed E-state index contributed by atoms with van der Waals surface area (Å²) >= 11 is 0. The van der Waals surface area contributed by atoms with E-state index in [0.29, 0.717) is 0 Å². The Labute approximate surface area is 127 Å². The second-order valence-corrected chi connectivity index (χ2v) is 6.49. The molecule has 0 aromatic carbocycles. The number of hydrogen-bond donors (Lipinski definition) is 7. The van der Waals surface area contributed by atoms with Gasteiger partial charge < -0.3 is 30.6 Å². The van der Waals surface area contributed by atoms with Gasteiger partial charge in [0.15, 0.2) is 0 Å². The van der Waals surface area contributed by atoms with Gasteiger partial charge in [-0.3, -0.25) is 4.55 Å². The summed E-state index contributed by atoms with van der Waals surface area (Å²) in [7, 11) is -4.93. The van der Waals surface area contributed by atoms with Gasteiger partial charge in [-0.2, -0.15) is 8.42 Å². The molecule has 7 atom stereocenters. The Hall–Kier alpha value is -0.370. The van der Waals surface area contributed by atoms with E-state index < -0.39 is 66.0 Å². The molecule has 0 radical (unpaired) electrons. The fourth-order valence-electron chi connectivity index (χ4n) is 2.77. The van der Waals surface area contributed by atoms with Gasteiger partial charge in [0, 0.05) is 12.5 Å². The summed E-state index contributed by atoms with van der Waals surface area (Å²) < 4.78 is 33.8. The van der Waals surface area contributed by atoms with Gasteiger partial charge in [-0.05, 0) is 18.8 Å². The molecule has 0 saturated heterocycles. The van der Waals surface area contributed by atoms with E-state index in [9.17, 15) is 34.0 Å². The number of aliphatic hydroxyl groups excluding tert-OH is 6. The van der Waals surface area contributed by atoms with Crippen LogP contribution in [0.3, 0.4) is 0 Å². The first-order valence-corrected chi connectivity index (χ1v) is 8.06. The number of hydrogen-bond acceptors (Lipinski definition) is 9. The molecule has 1 aliphatic carbocycles. The van der Waals surface area contributed by atoms with Crippen LogP contribution in [0.4, 0.5) is 0 Å². The second kappa shape index (κ2) is 7.95. The van der Waals surface area contributed by atoms with Crippen molar-refractivity contribution in [2.75, 3.05) is 13.2 Å². The van der Waals surface area contributed by atoms with Crippen molar-refractivity contribution in [2.24, 2.45) is 11.8 Å². The molecule has 0 heterocycles. The van der Waals surface area contributed by atoms with E-state index in [1.54, 1.807) is 0 Å². The molecule has 1 fully saturated rings. The van der Waals surface area contributed by atoms with Gasteiger partial charge in [0.25, 0.3) is 0 Å². The quantitative estimate of drug-likeness (QED) is 0.219. The maximum absolute atomic E-state index is 10.6. The topological polar surface area (TPSA) is 185 Å². The molecule has 0 aromatic heterocycles. The van der Waals surface area contributed by atoms with E-state index in [-0.39, 0.29) is 12.8 Å². The van der Waals surface area contributed by atoms with E-state index >= 15 is 0 Å². The fraction of sp³-hybridized carbons (Fsp3) is 1.00. The molecule has 0 amide bonds. The van der Waals surface area contributed by atoms with Crippen LogP contribution in [-0.4, -0.2) is 87.3 Å². The van der Waals surface area contributed by atoms with Gasteiger partial charge in [-0.15, -0.1) is 0 Å². The number of aliphatic hydroxyl groups is 6. The van der Waals surface area contributed by atoms with E-state index in [1.807, 2.05) is 0 Å². The van der Waals surface area contributed by atoms with E-state index in [4.69, 9.17) is 9.66 Å². The largest absolute Gasteiger partial charge is 0.397 e. The normalized spacial score (nSPS) is 33.6. The van der Waals surface area contributed by atoms with Crippen LogP contribution in [0.2, 0.25) is 0 Å². The molecule has 1 aliphatic rings. The summed E-state index contributed by atoms with van der Waals surface area (Å²) in [5.41, 5.74) is 0. The van der Waals surface area contributed by atoms with Gasteiger partial charge in [0.2, 0.25) is 0 Å². The van der Waals surface area contributed by atoms with Crippen molar-refractivity contribution < 1.29 is 47.8 Å². The van der Waals surface area contributed by atoms with Crippen LogP contribution < -0.4 is 0 Å². The fourth-order valence-corrected chi connectivity index (χ4v) is 3.25. The Morgan fingerprint density at radius 1 is 1.18 bits per heavy atom. The van der Waals surface area contributed by atoms with Crippen molar-refractivity contribution in [1.29, 1.82) is 0 Å². The van der Waals surface area contributed by atoms with Crippen LogP contribution in [0.1, 0.15) is 12.8 Å². The third kappa shape index (κ3) is 5.08. The Morgan fingerprint density at radius 3 is 2.23 bits per heavy atom. The van der Waals surface area contributed by atoms with E-state index in [0.717, 1.165) is 0 Å². The molecule has 10 nitrogen and oxygen atoms in total. The molecule has 11 heteroatoms. The predicted molar refractivity (Wildman–Crippen MR) is 70.8 cm³/mol. The highest BCUT2D eigenvalue weighted by Crippen LogP contribution is 2.36. The highest BCUT2D eigenvalue weighted by Gasteiger charge is 2.43. The predicted octanol–water partition coefficient (Wildman–Crippen LogP) is -3.37. The van der Waals surface area contributed by atoms with Gasteiger partial charge in [0.05, 0.1) is 24.9 Å². The van der Waals surface area contributed by atoms with Crippen LogP contribution in [-0.2, 0) is 14.6 Å². The van der Waals surface area contributed by atoms with Gasteiger partial charge in [0.1, 0.15) is 12.2 Å². The minimum absolute atomic E-state index is 0.0825. The van der Waals surface area contributed by atoms with E-state index in [1.165, 1.54) is 0 Å². The van der Waals surface area contributed by atoms with Crippen molar-refractivity contribution in [3.8, 4) is 0 Å². The summed E-state index contributed by atoms with van der Waals surface area (Å²) in [4.78, 5) is 0. The number of rotatable bonds is 8. The second-order valence-electron chi connectivity index (χ2n) is 5.44. The average molecular weight is 346 g/mol. The lowest BCUT2D eigenvalue weighted by Crippen LogP contribution is -2.43. The molecule has 0 unspecified atom stereocenters. The van der Waals surface area contributed by atoms with E-state index in [2.05, 4.69) is 4.18 Å². The monoisotopic (exact) mass is 346 g/mol. The molecule has 22 heavy (non-hydrogen) atoms. The first kappa shape index (κ1) is 19.7. The smallest absolute Gasteiger partial charge is 0.396 e. The minimum atomic E-state index is -4.93. The van der Waals surface area contributed by atoms with Crippen LogP contribution in [0.25, 0.3) is 0 Å². The van der Waals surface area contributed by atoms with Crippen molar-refractivity contribution in [3.63, 3.8) is 0 Å². The summed E-state index contributed by atoms with van der Waals surface area (Å²) in [6.45, 7) is -1.41. The molecule has 0 spiro atoms. The highest BCUT2D eigenvalue weighted by atomic mass is 32.3. The Morgan fingerprint density at radius 2 is 1.77 bits per heavy atom. The van der Waals surface area contributed by atoms with Crippen LogP contribution >= 0.6 is 0 Å². The third-order valence-corrected chi connectivity index (χ3v) is 4.43. The molecule has 7 N–H and O–H groups in total. The molecule has 0 aliphatic heterocycles. The maximum atomic E-state index is 10.6. The molecule has 0 bridgehead atoms. The Bertz CT molecular complexity index is 440. The first-order chi connectivity index (χ1) is 10.1. The molecular formula is C11H22O10S. The van der Waals surface area contributed by atoms with Crippen LogP contribution in [0.15, 0.2) is 0 Å². The summed E-state index contributed by atoms with van der Waals surface area (Å²) in [6, 6.07) is 0. The van der Waals surface area contributed by atoms with Crippen molar-refractivity contribution in [1.82, 2.24) is 0 Å². The first-order valence-electron chi connectivity index (χ1n) is 6.70. The molecule has 1 rings (SSSR count). The van der Waals surface area contributed by atoms with Crippen molar-refractivity contribution in [3.05, 3.63) is 0 Å². The zero-order chi connectivity index (χ0) is 17.1.